The van der Waals surface area contributed by atoms with E-state index in [2.05, 4.69) is 26.0 Å². The van der Waals surface area contributed by atoms with E-state index in [-0.39, 0.29) is 6.54 Å². The Bertz CT molecular complexity index is 371. The molecule has 0 heterocycles. The predicted molar refractivity (Wildman–Crippen MR) is 61.2 cm³/mol. The SMILES string of the molecule is COc1ccc(Br)cc1NCCOC(F)(F)F. The second kappa shape index (κ2) is 6.11. The molecule has 0 unspecified atom stereocenters. The molecule has 0 spiro atoms. The van der Waals surface area contributed by atoms with Crippen LogP contribution in [0.3, 0.4) is 0 Å². The number of hydrogen-bond acceptors (Lipinski definition) is 3. The van der Waals surface area contributed by atoms with E-state index in [0.29, 0.717) is 11.4 Å². The summed E-state index contributed by atoms with van der Waals surface area (Å²) in [6.45, 7) is -0.425. The fraction of sp³-hybridized carbons (Fsp3) is 0.400. The number of benzene rings is 1. The number of nitrogens with one attached hydrogen (secondary N) is 1. The number of ether oxygens (including phenoxy) is 2. The molecule has 0 atom stereocenters. The zero-order valence-corrected chi connectivity index (χ0v) is 10.6. The molecule has 1 N–H and O–H groups in total. The highest BCUT2D eigenvalue weighted by atomic mass is 79.9. The second-order valence-corrected chi connectivity index (χ2v) is 3.98. The third-order valence-electron chi connectivity index (χ3n) is 1.84. The minimum absolute atomic E-state index is 0.0341. The van der Waals surface area contributed by atoms with Gasteiger partial charge in [-0.15, -0.1) is 13.2 Å². The zero-order chi connectivity index (χ0) is 12.9. The van der Waals surface area contributed by atoms with Gasteiger partial charge >= 0.3 is 6.36 Å². The molecule has 0 saturated carbocycles. The van der Waals surface area contributed by atoms with E-state index in [0.717, 1.165) is 4.47 Å². The molecule has 0 aliphatic rings. The van der Waals surface area contributed by atoms with Crippen molar-refractivity contribution >= 4 is 21.6 Å². The Morgan fingerprint density at radius 1 is 1.35 bits per heavy atom. The van der Waals surface area contributed by atoms with Crippen LogP contribution in [-0.2, 0) is 4.74 Å². The summed E-state index contributed by atoms with van der Waals surface area (Å²) >= 11 is 3.26. The molecular formula is C10H11BrF3NO2. The molecule has 3 nitrogen and oxygen atoms in total. The van der Waals surface area contributed by atoms with Crippen molar-refractivity contribution in [2.24, 2.45) is 0 Å². The largest absolute Gasteiger partial charge is 0.522 e. The van der Waals surface area contributed by atoms with Crippen LogP contribution >= 0.6 is 15.9 Å². The van der Waals surface area contributed by atoms with Crippen LogP contribution in [0, 0.1) is 0 Å². The van der Waals surface area contributed by atoms with Crippen molar-refractivity contribution < 1.29 is 22.6 Å². The first-order chi connectivity index (χ1) is 7.92. The van der Waals surface area contributed by atoms with E-state index in [1.807, 2.05) is 0 Å². The highest BCUT2D eigenvalue weighted by Crippen LogP contribution is 2.27. The lowest BCUT2D eigenvalue weighted by Crippen LogP contribution is -2.19. The first kappa shape index (κ1) is 14.1. The summed E-state index contributed by atoms with van der Waals surface area (Å²) in [5.41, 5.74) is 0.604. The average Bonchev–Trinajstić information content (AvgIpc) is 2.23. The molecule has 17 heavy (non-hydrogen) atoms. The van der Waals surface area contributed by atoms with Crippen molar-refractivity contribution in [3.05, 3.63) is 22.7 Å². The monoisotopic (exact) mass is 313 g/mol. The topological polar surface area (TPSA) is 30.5 Å². The molecule has 1 rings (SSSR count). The van der Waals surface area contributed by atoms with Crippen LogP contribution in [0.2, 0.25) is 0 Å². The van der Waals surface area contributed by atoms with Gasteiger partial charge in [-0.3, -0.25) is 4.74 Å². The lowest BCUT2D eigenvalue weighted by Gasteiger charge is -2.12. The molecule has 0 bridgehead atoms. The third kappa shape index (κ3) is 5.27. The average molecular weight is 314 g/mol. The Morgan fingerprint density at radius 3 is 2.65 bits per heavy atom. The quantitative estimate of drug-likeness (QED) is 0.845. The molecule has 96 valence electrons. The maximum atomic E-state index is 11.7. The highest BCUT2D eigenvalue weighted by Gasteiger charge is 2.28. The van der Waals surface area contributed by atoms with E-state index in [9.17, 15) is 13.2 Å². The van der Waals surface area contributed by atoms with Gasteiger partial charge in [0.15, 0.2) is 0 Å². The summed E-state index contributed by atoms with van der Waals surface area (Å²) in [5, 5.41) is 2.80. The lowest BCUT2D eigenvalue weighted by molar-refractivity contribution is -0.322. The van der Waals surface area contributed by atoms with Crippen molar-refractivity contribution in [2.45, 2.75) is 6.36 Å². The molecule has 0 aliphatic carbocycles. The first-order valence-corrected chi connectivity index (χ1v) is 5.50. The van der Waals surface area contributed by atoms with Gasteiger partial charge in [-0.1, -0.05) is 15.9 Å². The Kier molecular flexibility index (Phi) is 5.07. The van der Waals surface area contributed by atoms with E-state index in [4.69, 9.17) is 4.74 Å². The van der Waals surface area contributed by atoms with Crippen molar-refractivity contribution in [2.75, 3.05) is 25.6 Å². The predicted octanol–water partition coefficient (Wildman–Crippen LogP) is 3.41. The van der Waals surface area contributed by atoms with E-state index in [1.165, 1.54) is 7.11 Å². The van der Waals surface area contributed by atoms with E-state index in [1.54, 1.807) is 18.2 Å². The molecule has 0 fully saturated rings. The standard InChI is InChI=1S/C10H11BrF3NO2/c1-16-9-3-2-7(11)6-8(9)15-4-5-17-10(12,13)14/h2-3,6,15H,4-5H2,1H3. The molecule has 0 saturated heterocycles. The normalized spacial score (nSPS) is 11.4. The van der Waals surface area contributed by atoms with Crippen molar-refractivity contribution in [1.82, 2.24) is 0 Å². The smallest absolute Gasteiger partial charge is 0.495 e. The van der Waals surface area contributed by atoms with Gasteiger partial charge < -0.3 is 10.1 Å². The Labute approximate surface area is 105 Å². The van der Waals surface area contributed by atoms with Crippen molar-refractivity contribution in [1.29, 1.82) is 0 Å². The Hall–Kier alpha value is -0.950. The van der Waals surface area contributed by atoms with Gasteiger partial charge in [0.25, 0.3) is 0 Å². The minimum atomic E-state index is -4.59. The highest BCUT2D eigenvalue weighted by molar-refractivity contribution is 9.10. The third-order valence-corrected chi connectivity index (χ3v) is 2.34. The van der Waals surface area contributed by atoms with Gasteiger partial charge in [0.05, 0.1) is 19.4 Å². The summed E-state index contributed by atoms with van der Waals surface area (Å²) in [7, 11) is 1.49. The van der Waals surface area contributed by atoms with E-state index < -0.39 is 13.0 Å². The number of rotatable bonds is 5. The van der Waals surface area contributed by atoms with Crippen LogP contribution in [0.5, 0.6) is 5.75 Å². The van der Waals surface area contributed by atoms with Gasteiger partial charge in [-0.05, 0) is 18.2 Å². The Morgan fingerprint density at radius 2 is 2.06 bits per heavy atom. The molecule has 0 aromatic heterocycles. The van der Waals surface area contributed by atoms with Crippen LogP contribution in [0.1, 0.15) is 0 Å². The van der Waals surface area contributed by atoms with Crippen LogP contribution in [0.25, 0.3) is 0 Å². The maximum Gasteiger partial charge on any atom is 0.522 e. The number of halogens is 4. The van der Waals surface area contributed by atoms with Gasteiger partial charge in [0.1, 0.15) is 5.75 Å². The van der Waals surface area contributed by atoms with Gasteiger partial charge in [0.2, 0.25) is 0 Å². The molecule has 0 aliphatic heterocycles. The number of alkyl halides is 3. The maximum absolute atomic E-state index is 11.7. The van der Waals surface area contributed by atoms with Gasteiger partial charge in [0, 0.05) is 11.0 Å². The minimum Gasteiger partial charge on any atom is -0.495 e. The number of anilines is 1. The molecule has 7 heteroatoms. The summed E-state index contributed by atoms with van der Waals surface area (Å²) < 4.78 is 44.6. The van der Waals surface area contributed by atoms with Crippen LogP contribution in [0.4, 0.5) is 18.9 Å². The van der Waals surface area contributed by atoms with Crippen LogP contribution in [-0.4, -0.2) is 26.6 Å². The van der Waals surface area contributed by atoms with E-state index >= 15 is 0 Å². The van der Waals surface area contributed by atoms with Gasteiger partial charge in [-0.2, -0.15) is 0 Å². The molecule has 1 aromatic carbocycles. The molecule has 0 amide bonds. The summed E-state index contributed by atoms with van der Waals surface area (Å²) in [6.07, 6.45) is -4.59. The van der Waals surface area contributed by atoms with Gasteiger partial charge in [-0.25, -0.2) is 0 Å². The van der Waals surface area contributed by atoms with Crippen molar-refractivity contribution in [3.63, 3.8) is 0 Å². The summed E-state index contributed by atoms with van der Waals surface area (Å²) in [4.78, 5) is 0. The number of hydrogen-bond donors (Lipinski definition) is 1. The summed E-state index contributed by atoms with van der Waals surface area (Å²) in [5.74, 6) is 0.556. The van der Waals surface area contributed by atoms with Crippen LogP contribution < -0.4 is 10.1 Å². The second-order valence-electron chi connectivity index (χ2n) is 3.07. The molecular weight excluding hydrogens is 303 g/mol. The summed E-state index contributed by atoms with van der Waals surface area (Å²) in [6, 6.07) is 5.19. The first-order valence-electron chi connectivity index (χ1n) is 4.70. The Balaban J connectivity index is 2.48. The lowest BCUT2D eigenvalue weighted by atomic mass is 10.3. The van der Waals surface area contributed by atoms with Crippen molar-refractivity contribution in [3.8, 4) is 5.75 Å². The zero-order valence-electron chi connectivity index (χ0n) is 8.97. The van der Waals surface area contributed by atoms with Crippen LogP contribution in [0.15, 0.2) is 22.7 Å². The molecule has 0 radical (unpaired) electrons. The fourth-order valence-electron chi connectivity index (χ4n) is 1.17. The fourth-order valence-corrected chi connectivity index (χ4v) is 1.53. The number of methoxy groups -OCH3 is 1. The molecule has 1 aromatic rings.